The molecule has 1 aliphatic heterocycles. The van der Waals surface area contributed by atoms with E-state index in [1.54, 1.807) is 34.6 Å². The van der Waals surface area contributed by atoms with Crippen LogP contribution in [0.25, 0.3) is 0 Å². The lowest BCUT2D eigenvalue weighted by molar-refractivity contribution is -0.169. The molecule has 1 aliphatic rings. The molecular weight excluding hydrogens is 466 g/mol. The Morgan fingerprint density at radius 2 is 1.61 bits per heavy atom. The van der Waals surface area contributed by atoms with Crippen molar-refractivity contribution < 1.29 is 28.7 Å². The number of ether oxygens (including phenoxy) is 1. The second-order valence-corrected chi connectivity index (χ2v) is 10.6. The van der Waals surface area contributed by atoms with Crippen molar-refractivity contribution in [1.29, 1.82) is 0 Å². The average Bonchev–Trinajstić information content (AvgIpc) is 2.75. The highest BCUT2D eigenvalue weighted by molar-refractivity contribution is 6.02. The Morgan fingerprint density at radius 3 is 2.11 bits per heavy atom. The van der Waals surface area contributed by atoms with Crippen LogP contribution in [0, 0.1) is 0 Å². The summed E-state index contributed by atoms with van der Waals surface area (Å²) in [4.78, 5) is 64.2. The number of carbonyl (C=O) groups is 5. The molecule has 0 spiro atoms. The van der Waals surface area contributed by atoms with Gasteiger partial charge in [-0.2, -0.15) is 0 Å². The van der Waals surface area contributed by atoms with Crippen LogP contribution in [0.3, 0.4) is 0 Å². The summed E-state index contributed by atoms with van der Waals surface area (Å²) in [5.41, 5.74) is 2.67. The van der Waals surface area contributed by atoms with Gasteiger partial charge >= 0.3 is 6.09 Å². The first-order chi connectivity index (χ1) is 16.5. The third-order valence-electron chi connectivity index (χ3n) is 5.93. The van der Waals surface area contributed by atoms with Crippen LogP contribution in [0.15, 0.2) is 30.3 Å². The minimum atomic E-state index is -1.32. The minimum Gasteiger partial charge on any atom is -0.444 e. The molecule has 1 saturated heterocycles. The molecule has 1 aromatic rings. The fraction of sp³-hybridized carbons (Fsp3) is 0.560. The van der Waals surface area contributed by atoms with E-state index in [0.29, 0.717) is 0 Å². The molecule has 36 heavy (non-hydrogen) atoms. The first-order valence-electron chi connectivity index (χ1n) is 11.8. The highest BCUT2D eigenvalue weighted by atomic mass is 16.6. The van der Waals surface area contributed by atoms with E-state index in [4.69, 9.17) is 10.5 Å². The largest absolute Gasteiger partial charge is 0.444 e. The summed E-state index contributed by atoms with van der Waals surface area (Å²) in [7, 11) is 0. The van der Waals surface area contributed by atoms with E-state index in [1.807, 2.05) is 30.3 Å². The SMILES string of the molecule is C[C@H](NC(=O)C(C)(C)N1C[C@@](Cc2ccccc2)(NC(=O)[C@@H](C)NC(=O)OC(C)(C)C)C1=O)C(N)=O. The molecule has 0 aliphatic carbocycles. The summed E-state index contributed by atoms with van der Waals surface area (Å²) in [6.07, 6.45) is -0.575. The molecule has 198 valence electrons. The van der Waals surface area contributed by atoms with Crippen LogP contribution >= 0.6 is 0 Å². The summed E-state index contributed by atoms with van der Waals surface area (Å²) in [5.74, 6) is -2.29. The van der Waals surface area contributed by atoms with Crippen LogP contribution in [0.1, 0.15) is 54.0 Å². The molecule has 0 saturated carbocycles. The van der Waals surface area contributed by atoms with Crippen LogP contribution in [0.2, 0.25) is 0 Å². The van der Waals surface area contributed by atoms with E-state index < -0.39 is 58.5 Å². The normalized spacial score (nSPS) is 19.4. The number of amides is 5. The molecule has 11 heteroatoms. The summed E-state index contributed by atoms with van der Waals surface area (Å²) in [6, 6.07) is 7.24. The Kier molecular flexibility index (Phi) is 8.38. The zero-order chi connectivity index (χ0) is 27.5. The zero-order valence-electron chi connectivity index (χ0n) is 21.9. The maximum absolute atomic E-state index is 13.6. The Labute approximate surface area is 211 Å². The van der Waals surface area contributed by atoms with E-state index in [0.717, 1.165) is 5.56 Å². The molecule has 5 N–H and O–H groups in total. The van der Waals surface area contributed by atoms with Crippen LogP contribution in [-0.4, -0.2) is 69.9 Å². The number of rotatable bonds is 9. The Morgan fingerprint density at radius 1 is 1.03 bits per heavy atom. The summed E-state index contributed by atoms with van der Waals surface area (Å²) < 4.78 is 5.20. The monoisotopic (exact) mass is 503 g/mol. The molecular formula is C25H37N5O6. The van der Waals surface area contributed by atoms with Gasteiger partial charge < -0.3 is 31.3 Å². The highest BCUT2D eigenvalue weighted by Crippen LogP contribution is 2.34. The number of hydrogen-bond acceptors (Lipinski definition) is 6. The number of β-lactam (4-membered cyclic amide) rings is 1. The van der Waals surface area contributed by atoms with Crippen LogP contribution < -0.4 is 21.7 Å². The van der Waals surface area contributed by atoms with Crippen molar-refractivity contribution in [3.8, 4) is 0 Å². The van der Waals surface area contributed by atoms with Gasteiger partial charge in [-0.1, -0.05) is 30.3 Å². The second kappa shape index (κ2) is 10.5. The predicted octanol–water partition coefficient (Wildman–Crippen LogP) is 0.608. The third-order valence-corrected chi connectivity index (χ3v) is 5.93. The maximum Gasteiger partial charge on any atom is 0.408 e. The fourth-order valence-corrected chi connectivity index (χ4v) is 3.70. The minimum absolute atomic E-state index is 0.0387. The fourth-order valence-electron chi connectivity index (χ4n) is 3.70. The quantitative estimate of drug-likeness (QED) is 0.361. The number of benzene rings is 1. The molecule has 1 heterocycles. The number of nitrogens with two attached hydrogens (primary N) is 1. The van der Waals surface area contributed by atoms with Gasteiger partial charge in [-0.15, -0.1) is 0 Å². The van der Waals surface area contributed by atoms with Crippen molar-refractivity contribution in [2.45, 2.75) is 83.6 Å². The number of likely N-dealkylation sites (tertiary alicyclic amines) is 1. The summed E-state index contributed by atoms with van der Waals surface area (Å²) in [6.45, 7) is 11.2. The molecule has 5 amide bonds. The van der Waals surface area contributed by atoms with Crippen molar-refractivity contribution in [2.75, 3.05) is 6.54 Å². The lowest BCUT2D eigenvalue weighted by atomic mass is 9.78. The summed E-state index contributed by atoms with van der Waals surface area (Å²) in [5, 5.41) is 7.77. The molecule has 0 unspecified atom stereocenters. The average molecular weight is 504 g/mol. The number of nitrogens with zero attached hydrogens (tertiary/aromatic N) is 1. The Bertz CT molecular complexity index is 1020. The van der Waals surface area contributed by atoms with E-state index in [-0.39, 0.29) is 13.0 Å². The van der Waals surface area contributed by atoms with Gasteiger partial charge in [0, 0.05) is 6.42 Å². The smallest absolute Gasteiger partial charge is 0.408 e. The van der Waals surface area contributed by atoms with Crippen LogP contribution in [-0.2, 0) is 30.3 Å². The van der Waals surface area contributed by atoms with Gasteiger partial charge in [-0.3, -0.25) is 19.2 Å². The molecule has 3 atom stereocenters. The van der Waals surface area contributed by atoms with Gasteiger partial charge in [0.1, 0.15) is 28.8 Å². The summed E-state index contributed by atoms with van der Waals surface area (Å²) >= 11 is 0. The molecule has 11 nitrogen and oxygen atoms in total. The number of nitrogens with one attached hydrogen (secondary N) is 3. The van der Waals surface area contributed by atoms with E-state index in [9.17, 15) is 24.0 Å². The van der Waals surface area contributed by atoms with Gasteiger partial charge in [0.15, 0.2) is 0 Å². The molecule has 1 fully saturated rings. The number of hydrogen-bond donors (Lipinski definition) is 4. The molecule has 0 aromatic heterocycles. The predicted molar refractivity (Wildman–Crippen MR) is 132 cm³/mol. The van der Waals surface area contributed by atoms with Crippen molar-refractivity contribution in [3.63, 3.8) is 0 Å². The molecule has 0 bridgehead atoms. The van der Waals surface area contributed by atoms with Gasteiger partial charge in [0.2, 0.25) is 17.7 Å². The standard InChI is InChI=1S/C25H37N5O6/c1-15(18(26)31)27-20(33)24(6,7)30-14-25(21(30)34,13-17-11-9-8-10-12-17)29-19(32)16(2)28-22(35)36-23(3,4)5/h8-12,15-16H,13-14H2,1-7H3,(H2,26,31)(H,27,33)(H,28,35)(H,29,32)/t15-,16+,25+/m0/s1. The van der Waals surface area contributed by atoms with Crippen molar-refractivity contribution >= 4 is 29.7 Å². The van der Waals surface area contributed by atoms with Crippen molar-refractivity contribution in [2.24, 2.45) is 5.73 Å². The lowest BCUT2D eigenvalue weighted by Crippen LogP contribution is -2.81. The van der Waals surface area contributed by atoms with Crippen molar-refractivity contribution in [1.82, 2.24) is 20.9 Å². The van der Waals surface area contributed by atoms with E-state index >= 15 is 0 Å². The van der Waals surface area contributed by atoms with Gasteiger partial charge in [0.25, 0.3) is 5.91 Å². The topological polar surface area (TPSA) is 160 Å². The molecule has 2 rings (SSSR count). The maximum atomic E-state index is 13.6. The molecule has 0 radical (unpaired) electrons. The Balaban J connectivity index is 2.22. The second-order valence-electron chi connectivity index (χ2n) is 10.6. The number of alkyl carbamates (subject to hydrolysis) is 1. The van der Waals surface area contributed by atoms with Gasteiger partial charge in [0.05, 0.1) is 6.54 Å². The van der Waals surface area contributed by atoms with Gasteiger partial charge in [-0.25, -0.2) is 4.79 Å². The highest BCUT2D eigenvalue weighted by Gasteiger charge is 2.59. The number of carbonyl (C=O) groups excluding carboxylic acids is 5. The first kappa shape index (κ1) is 28.6. The van der Waals surface area contributed by atoms with Gasteiger partial charge in [-0.05, 0) is 54.0 Å². The first-order valence-corrected chi connectivity index (χ1v) is 11.8. The lowest BCUT2D eigenvalue weighted by Gasteiger charge is -2.55. The third kappa shape index (κ3) is 6.73. The van der Waals surface area contributed by atoms with Crippen molar-refractivity contribution in [3.05, 3.63) is 35.9 Å². The molecule has 1 aromatic carbocycles. The Hall–Kier alpha value is -3.63. The van der Waals surface area contributed by atoms with E-state index in [2.05, 4.69) is 16.0 Å². The van der Waals surface area contributed by atoms with E-state index in [1.165, 1.54) is 18.7 Å². The number of primary amides is 1. The van der Waals surface area contributed by atoms with Crippen LogP contribution in [0.5, 0.6) is 0 Å². The zero-order valence-corrected chi connectivity index (χ0v) is 21.9. The van der Waals surface area contributed by atoms with Crippen LogP contribution in [0.4, 0.5) is 4.79 Å².